The fourth-order valence-corrected chi connectivity index (χ4v) is 3.96. The lowest BCUT2D eigenvalue weighted by atomic mass is 10.1. The number of aryl methyl sites for hydroxylation is 3. The second kappa shape index (κ2) is 6.77. The fraction of sp³-hybridized carbons (Fsp3) is 0.312. The van der Waals surface area contributed by atoms with Crippen LogP contribution in [0.15, 0.2) is 33.7 Å². The third kappa shape index (κ3) is 3.77. The Hall–Kier alpha value is -2.52. The molecule has 0 amide bonds. The lowest BCUT2D eigenvalue weighted by Crippen LogP contribution is -2.27. The van der Waals surface area contributed by atoms with Crippen molar-refractivity contribution in [2.75, 3.05) is 6.54 Å². The van der Waals surface area contributed by atoms with Crippen LogP contribution in [-0.4, -0.2) is 35.3 Å². The van der Waals surface area contributed by atoms with E-state index in [1.54, 1.807) is 13.8 Å². The number of hydrogen-bond donors (Lipinski definition) is 2. The van der Waals surface area contributed by atoms with Gasteiger partial charge in [-0.15, -0.1) is 0 Å². The number of nitrogens with one attached hydrogen (secondary N) is 2. The van der Waals surface area contributed by atoms with Crippen LogP contribution in [0.2, 0.25) is 0 Å². The smallest absolute Gasteiger partial charge is 0.244 e. The van der Waals surface area contributed by atoms with Crippen molar-refractivity contribution in [1.29, 1.82) is 0 Å². The molecule has 0 radical (unpaired) electrons. The van der Waals surface area contributed by atoms with Gasteiger partial charge in [-0.25, -0.2) is 13.1 Å². The average Bonchev–Trinajstić information content (AvgIpc) is 3.14. The molecule has 0 saturated carbocycles. The molecule has 0 bridgehead atoms. The van der Waals surface area contributed by atoms with E-state index in [0.29, 0.717) is 29.5 Å². The van der Waals surface area contributed by atoms with E-state index >= 15 is 0 Å². The SMILES string of the molecule is Cc1cccc(-c2noc(CCNS(=O)(=O)c3c(C)n[nH]c3C)n2)c1. The highest BCUT2D eigenvalue weighted by molar-refractivity contribution is 7.89. The maximum atomic E-state index is 12.4. The molecule has 3 rings (SSSR count). The van der Waals surface area contributed by atoms with Crippen molar-refractivity contribution in [2.24, 2.45) is 0 Å². The van der Waals surface area contributed by atoms with Gasteiger partial charge in [0.25, 0.3) is 0 Å². The normalized spacial score (nSPS) is 11.8. The number of H-pyrrole nitrogens is 1. The van der Waals surface area contributed by atoms with Crippen LogP contribution < -0.4 is 4.72 Å². The van der Waals surface area contributed by atoms with Crippen molar-refractivity contribution in [2.45, 2.75) is 32.1 Å². The number of nitrogens with zero attached hydrogens (tertiary/aromatic N) is 3. The second-order valence-corrected chi connectivity index (χ2v) is 7.50. The van der Waals surface area contributed by atoms with Crippen LogP contribution in [0.3, 0.4) is 0 Å². The first-order valence-electron chi connectivity index (χ1n) is 7.77. The second-order valence-electron chi connectivity index (χ2n) is 5.79. The standard InChI is InChI=1S/C16H19N5O3S/c1-10-5-4-6-13(9-10)16-18-14(24-21-16)7-8-17-25(22,23)15-11(2)19-20-12(15)3/h4-6,9,17H,7-8H2,1-3H3,(H,19,20). The lowest BCUT2D eigenvalue weighted by Gasteiger charge is -2.05. The molecule has 1 aromatic carbocycles. The summed E-state index contributed by atoms with van der Waals surface area (Å²) in [6.07, 6.45) is 0.300. The van der Waals surface area contributed by atoms with Crippen molar-refractivity contribution >= 4 is 10.0 Å². The fourth-order valence-electron chi connectivity index (χ4n) is 2.56. The summed E-state index contributed by atoms with van der Waals surface area (Å²) < 4.78 is 32.4. The molecule has 2 aromatic heterocycles. The van der Waals surface area contributed by atoms with E-state index in [2.05, 4.69) is 25.1 Å². The largest absolute Gasteiger partial charge is 0.339 e. The molecule has 0 aliphatic heterocycles. The van der Waals surface area contributed by atoms with Crippen LogP contribution >= 0.6 is 0 Å². The van der Waals surface area contributed by atoms with E-state index in [1.807, 2.05) is 31.2 Å². The molecule has 25 heavy (non-hydrogen) atoms. The molecular formula is C16H19N5O3S. The minimum Gasteiger partial charge on any atom is -0.339 e. The van der Waals surface area contributed by atoms with Crippen LogP contribution in [0.25, 0.3) is 11.4 Å². The van der Waals surface area contributed by atoms with Gasteiger partial charge in [0.2, 0.25) is 21.7 Å². The predicted molar refractivity (Wildman–Crippen MR) is 91.4 cm³/mol. The molecular weight excluding hydrogens is 342 g/mol. The van der Waals surface area contributed by atoms with E-state index in [-0.39, 0.29) is 11.4 Å². The highest BCUT2D eigenvalue weighted by Gasteiger charge is 2.22. The van der Waals surface area contributed by atoms with Gasteiger partial charge in [-0.3, -0.25) is 5.10 Å². The summed E-state index contributed by atoms with van der Waals surface area (Å²) in [6, 6.07) is 7.76. The predicted octanol–water partition coefficient (Wildman–Crippen LogP) is 1.91. The van der Waals surface area contributed by atoms with E-state index in [9.17, 15) is 8.42 Å². The number of sulfonamides is 1. The van der Waals surface area contributed by atoms with E-state index in [4.69, 9.17) is 4.52 Å². The van der Waals surface area contributed by atoms with Crippen molar-refractivity contribution in [1.82, 2.24) is 25.1 Å². The number of benzene rings is 1. The molecule has 9 heteroatoms. The summed E-state index contributed by atoms with van der Waals surface area (Å²) in [5.41, 5.74) is 2.90. The van der Waals surface area contributed by atoms with E-state index in [0.717, 1.165) is 11.1 Å². The van der Waals surface area contributed by atoms with Gasteiger partial charge in [0.1, 0.15) is 4.90 Å². The zero-order valence-corrected chi connectivity index (χ0v) is 15.0. The Labute approximate surface area is 145 Å². The maximum Gasteiger partial charge on any atom is 0.244 e. The van der Waals surface area contributed by atoms with Gasteiger partial charge in [0.05, 0.1) is 11.4 Å². The molecule has 2 N–H and O–H groups in total. The van der Waals surface area contributed by atoms with Gasteiger partial charge < -0.3 is 4.52 Å². The third-order valence-corrected chi connectivity index (χ3v) is 5.43. The van der Waals surface area contributed by atoms with Gasteiger partial charge >= 0.3 is 0 Å². The first-order valence-corrected chi connectivity index (χ1v) is 9.26. The number of aromatic amines is 1. The monoisotopic (exact) mass is 361 g/mol. The minimum absolute atomic E-state index is 0.155. The average molecular weight is 361 g/mol. The van der Waals surface area contributed by atoms with Gasteiger partial charge in [-0.1, -0.05) is 28.9 Å². The number of aromatic nitrogens is 4. The van der Waals surface area contributed by atoms with Gasteiger partial charge in [-0.05, 0) is 26.8 Å². The van der Waals surface area contributed by atoms with Crippen molar-refractivity contribution in [3.8, 4) is 11.4 Å². The zero-order valence-electron chi connectivity index (χ0n) is 14.2. The zero-order chi connectivity index (χ0) is 18.0. The third-order valence-electron chi connectivity index (χ3n) is 3.70. The molecule has 132 valence electrons. The molecule has 0 aliphatic carbocycles. The molecule has 0 unspecified atom stereocenters. The molecule has 0 saturated heterocycles. The summed E-state index contributed by atoms with van der Waals surface area (Å²) >= 11 is 0. The van der Waals surface area contributed by atoms with Gasteiger partial charge in [-0.2, -0.15) is 10.1 Å². The van der Waals surface area contributed by atoms with Crippen LogP contribution in [0, 0.1) is 20.8 Å². The Morgan fingerprint density at radius 2 is 2.04 bits per heavy atom. The summed E-state index contributed by atoms with van der Waals surface area (Å²) in [5.74, 6) is 0.864. The van der Waals surface area contributed by atoms with E-state index < -0.39 is 10.0 Å². The van der Waals surface area contributed by atoms with Crippen LogP contribution in [0.4, 0.5) is 0 Å². The molecule has 0 spiro atoms. The lowest BCUT2D eigenvalue weighted by molar-refractivity contribution is 0.379. The molecule has 8 nitrogen and oxygen atoms in total. The highest BCUT2D eigenvalue weighted by Crippen LogP contribution is 2.18. The van der Waals surface area contributed by atoms with Crippen molar-refractivity contribution in [3.63, 3.8) is 0 Å². The minimum atomic E-state index is -3.63. The summed E-state index contributed by atoms with van der Waals surface area (Å²) in [5, 5.41) is 10.5. The Balaban J connectivity index is 1.65. The quantitative estimate of drug-likeness (QED) is 0.693. The summed E-state index contributed by atoms with van der Waals surface area (Å²) in [6.45, 7) is 5.45. The highest BCUT2D eigenvalue weighted by atomic mass is 32.2. The Bertz CT molecular complexity index is 971. The summed E-state index contributed by atoms with van der Waals surface area (Å²) in [4.78, 5) is 4.49. The molecule has 0 fully saturated rings. The number of rotatable bonds is 6. The molecule has 2 heterocycles. The Morgan fingerprint density at radius 1 is 1.24 bits per heavy atom. The van der Waals surface area contributed by atoms with Crippen LogP contribution in [-0.2, 0) is 16.4 Å². The maximum absolute atomic E-state index is 12.4. The summed E-state index contributed by atoms with van der Waals surface area (Å²) in [7, 11) is -3.63. The first kappa shape index (κ1) is 17.3. The Kier molecular flexibility index (Phi) is 4.69. The number of hydrogen-bond acceptors (Lipinski definition) is 6. The Morgan fingerprint density at radius 3 is 2.72 bits per heavy atom. The molecule has 0 aliphatic rings. The van der Waals surface area contributed by atoms with Crippen LogP contribution in [0.1, 0.15) is 22.8 Å². The van der Waals surface area contributed by atoms with Gasteiger partial charge in [0, 0.05) is 18.5 Å². The van der Waals surface area contributed by atoms with Crippen molar-refractivity contribution in [3.05, 3.63) is 47.1 Å². The topological polar surface area (TPSA) is 114 Å². The molecule has 3 aromatic rings. The van der Waals surface area contributed by atoms with Crippen LogP contribution in [0.5, 0.6) is 0 Å². The first-order chi connectivity index (χ1) is 11.9. The van der Waals surface area contributed by atoms with Gasteiger partial charge in [0.15, 0.2) is 0 Å². The van der Waals surface area contributed by atoms with Crippen molar-refractivity contribution < 1.29 is 12.9 Å². The van der Waals surface area contributed by atoms with E-state index in [1.165, 1.54) is 0 Å². The molecule has 0 atom stereocenters.